The molecule has 0 spiro atoms. The van der Waals surface area contributed by atoms with E-state index in [-0.39, 0.29) is 23.7 Å². The number of hydrogen-bond acceptors (Lipinski definition) is 2. The van der Waals surface area contributed by atoms with Crippen LogP contribution in [0.1, 0.15) is 12.8 Å². The Hall–Kier alpha value is -1.32. The van der Waals surface area contributed by atoms with Gasteiger partial charge in [0.25, 0.3) is 0 Å². The van der Waals surface area contributed by atoms with E-state index in [1.807, 2.05) is 28.2 Å². The predicted octanol–water partition coefficient (Wildman–Crippen LogP) is 1.48. The highest BCUT2D eigenvalue weighted by molar-refractivity contribution is 5.89. The van der Waals surface area contributed by atoms with E-state index >= 15 is 0 Å². The summed E-state index contributed by atoms with van der Waals surface area (Å²) in [6.07, 6.45) is 7.10. The fraction of sp³-hybridized carbons (Fsp3) is 0.778. The van der Waals surface area contributed by atoms with Crippen LogP contribution >= 0.6 is 0 Å². The molecular formula is C18H26N2O2. The number of fused-ring (bicyclic) bond motifs is 9. The molecular weight excluding hydrogens is 276 g/mol. The molecule has 120 valence electrons. The van der Waals surface area contributed by atoms with Gasteiger partial charge in [-0.1, -0.05) is 12.2 Å². The molecule has 8 atom stereocenters. The predicted molar refractivity (Wildman–Crippen MR) is 83.7 cm³/mol. The first-order valence-corrected chi connectivity index (χ1v) is 8.52. The monoisotopic (exact) mass is 302 g/mol. The normalized spacial score (nSPS) is 46.9. The summed E-state index contributed by atoms with van der Waals surface area (Å²) in [6.45, 7) is 0. The van der Waals surface area contributed by atoms with Gasteiger partial charge in [-0.2, -0.15) is 0 Å². The molecule has 8 unspecified atom stereocenters. The minimum absolute atomic E-state index is 0.0936. The fourth-order valence-corrected chi connectivity index (χ4v) is 6.31. The van der Waals surface area contributed by atoms with E-state index in [4.69, 9.17) is 0 Å². The van der Waals surface area contributed by atoms with E-state index in [0.29, 0.717) is 35.5 Å². The minimum atomic E-state index is -0.0936. The van der Waals surface area contributed by atoms with Gasteiger partial charge >= 0.3 is 0 Å². The lowest BCUT2D eigenvalue weighted by Crippen LogP contribution is -2.49. The number of hydrogen-bond donors (Lipinski definition) is 0. The largest absolute Gasteiger partial charge is 0.349 e. The molecule has 0 aliphatic heterocycles. The summed E-state index contributed by atoms with van der Waals surface area (Å²) in [6, 6.07) is 0. The van der Waals surface area contributed by atoms with Crippen molar-refractivity contribution in [1.29, 1.82) is 0 Å². The Morgan fingerprint density at radius 1 is 0.773 bits per heavy atom. The van der Waals surface area contributed by atoms with Crippen LogP contribution in [0.5, 0.6) is 0 Å². The van der Waals surface area contributed by atoms with Gasteiger partial charge in [0.1, 0.15) is 0 Å². The summed E-state index contributed by atoms with van der Waals surface area (Å²) in [4.78, 5) is 29.0. The molecule has 3 saturated carbocycles. The standard InChI is InChI=1S/C18H26N2O2/c1-19(2)17(21)15-11-8-12(16(15)18(22)20(3)4)14-10-6-5-9(7-10)13(11)14/h5-6,9-16H,7-8H2,1-4H3. The van der Waals surface area contributed by atoms with Gasteiger partial charge in [0.05, 0.1) is 11.8 Å². The third-order valence-electron chi connectivity index (χ3n) is 6.88. The van der Waals surface area contributed by atoms with Gasteiger partial charge in [0.2, 0.25) is 11.8 Å². The first-order chi connectivity index (χ1) is 10.4. The van der Waals surface area contributed by atoms with Gasteiger partial charge in [-0.25, -0.2) is 0 Å². The van der Waals surface area contributed by atoms with Crippen LogP contribution in [0.2, 0.25) is 0 Å². The molecule has 3 fully saturated rings. The average molecular weight is 302 g/mol. The molecule has 0 N–H and O–H groups in total. The van der Waals surface area contributed by atoms with Crippen LogP contribution in [0.15, 0.2) is 12.2 Å². The molecule has 4 bridgehead atoms. The van der Waals surface area contributed by atoms with Crippen LogP contribution in [0.25, 0.3) is 0 Å². The maximum atomic E-state index is 12.8. The minimum Gasteiger partial charge on any atom is -0.349 e. The summed E-state index contributed by atoms with van der Waals surface area (Å²) in [5.74, 6) is 3.61. The molecule has 0 radical (unpaired) electrons. The highest BCUT2D eigenvalue weighted by Gasteiger charge is 2.67. The lowest BCUT2D eigenvalue weighted by atomic mass is 9.64. The molecule has 4 rings (SSSR count). The van der Waals surface area contributed by atoms with Gasteiger partial charge in [-0.05, 0) is 48.3 Å². The molecule has 0 aromatic heterocycles. The summed E-state index contributed by atoms with van der Waals surface area (Å²) in [7, 11) is 7.29. The van der Waals surface area contributed by atoms with E-state index < -0.39 is 0 Å². The molecule has 0 saturated heterocycles. The van der Waals surface area contributed by atoms with Gasteiger partial charge < -0.3 is 9.80 Å². The number of carbonyl (C=O) groups excluding carboxylic acids is 2. The van der Waals surface area contributed by atoms with Crippen molar-refractivity contribution in [2.24, 2.45) is 47.3 Å². The van der Waals surface area contributed by atoms with Crippen molar-refractivity contribution in [2.45, 2.75) is 12.8 Å². The Kier molecular flexibility index (Phi) is 2.98. The Bertz CT molecular complexity index is 507. The van der Waals surface area contributed by atoms with Crippen LogP contribution in [-0.4, -0.2) is 49.8 Å². The van der Waals surface area contributed by atoms with Crippen molar-refractivity contribution in [2.75, 3.05) is 28.2 Å². The van der Waals surface area contributed by atoms with Crippen molar-refractivity contribution in [3.05, 3.63) is 12.2 Å². The maximum Gasteiger partial charge on any atom is 0.226 e. The molecule has 0 heterocycles. The Morgan fingerprint density at radius 3 is 1.55 bits per heavy atom. The maximum absolute atomic E-state index is 12.8. The second kappa shape index (κ2) is 4.59. The van der Waals surface area contributed by atoms with Crippen molar-refractivity contribution >= 4 is 11.8 Å². The second-order valence-electron chi connectivity index (χ2n) is 8.18. The van der Waals surface area contributed by atoms with Crippen LogP contribution in [0.3, 0.4) is 0 Å². The molecule has 2 amide bonds. The molecule has 0 aromatic carbocycles. The highest BCUT2D eigenvalue weighted by Crippen LogP contribution is 2.69. The van der Waals surface area contributed by atoms with E-state index in [1.165, 1.54) is 6.42 Å². The molecule has 4 aliphatic rings. The Balaban J connectivity index is 1.72. The van der Waals surface area contributed by atoms with E-state index in [9.17, 15) is 9.59 Å². The topological polar surface area (TPSA) is 40.6 Å². The Labute approximate surface area is 132 Å². The number of carbonyl (C=O) groups is 2. The van der Waals surface area contributed by atoms with E-state index in [0.717, 1.165) is 6.42 Å². The quantitative estimate of drug-likeness (QED) is 0.573. The zero-order valence-electron chi connectivity index (χ0n) is 13.9. The van der Waals surface area contributed by atoms with Gasteiger partial charge in [0, 0.05) is 28.2 Å². The van der Waals surface area contributed by atoms with Crippen LogP contribution < -0.4 is 0 Å². The number of nitrogens with zero attached hydrogens (tertiary/aromatic N) is 2. The average Bonchev–Trinajstić information content (AvgIpc) is 3.21. The fourth-order valence-electron chi connectivity index (χ4n) is 6.31. The lowest BCUT2D eigenvalue weighted by molar-refractivity contribution is -0.148. The number of amides is 2. The summed E-state index contributed by atoms with van der Waals surface area (Å²) in [5.41, 5.74) is 0. The first kappa shape index (κ1) is 14.3. The van der Waals surface area contributed by atoms with Crippen LogP contribution in [-0.2, 0) is 9.59 Å². The van der Waals surface area contributed by atoms with Gasteiger partial charge in [0.15, 0.2) is 0 Å². The second-order valence-corrected chi connectivity index (χ2v) is 8.18. The van der Waals surface area contributed by atoms with Gasteiger partial charge in [-0.3, -0.25) is 9.59 Å². The zero-order chi connectivity index (χ0) is 15.8. The number of allylic oxidation sites excluding steroid dienone is 2. The van der Waals surface area contributed by atoms with Crippen molar-refractivity contribution in [3.8, 4) is 0 Å². The van der Waals surface area contributed by atoms with Crippen molar-refractivity contribution in [1.82, 2.24) is 9.80 Å². The molecule has 4 aliphatic carbocycles. The third kappa shape index (κ3) is 1.64. The third-order valence-corrected chi connectivity index (χ3v) is 6.88. The molecule has 4 nitrogen and oxygen atoms in total. The highest BCUT2D eigenvalue weighted by atomic mass is 16.2. The van der Waals surface area contributed by atoms with Crippen molar-refractivity contribution in [3.63, 3.8) is 0 Å². The first-order valence-electron chi connectivity index (χ1n) is 8.52. The lowest BCUT2D eigenvalue weighted by Gasteiger charge is -2.41. The van der Waals surface area contributed by atoms with Gasteiger partial charge in [-0.15, -0.1) is 0 Å². The molecule has 0 aromatic rings. The smallest absolute Gasteiger partial charge is 0.226 e. The van der Waals surface area contributed by atoms with E-state index in [2.05, 4.69) is 12.2 Å². The SMILES string of the molecule is CN(C)C(=O)C1C2CC(C1C(=O)N(C)C)C1C3C=CC(C3)C21. The Morgan fingerprint density at radius 2 is 1.18 bits per heavy atom. The van der Waals surface area contributed by atoms with Crippen molar-refractivity contribution < 1.29 is 9.59 Å². The number of rotatable bonds is 2. The van der Waals surface area contributed by atoms with Crippen LogP contribution in [0.4, 0.5) is 0 Å². The van der Waals surface area contributed by atoms with E-state index in [1.54, 1.807) is 9.80 Å². The van der Waals surface area contributed by atoms with Crippen LogP contribution in [0, 0.1) is 47.3 Å². The zero-order valence-corrected chi connectivity index (χ0v) is 13.9. The summed E-state index contributed by atoms with van der Waals surface area (Å²) in [5, 5.41) is 0. The molecule has 4 heteroatoms. The molecule has 22 heavy (non-hydrogen) atoms. The summed E-state index contributed by atoms with van der Waals surface area (Å²) < 4.78 is 0. The summed E-state index contributed by atoms with van der Waals surface area (Å²) >= 11 is 0.